The molecule has 0 spiro atoms. The van der Waals surface area contributed by atoms with Crippen LogP contribution < -0.4 is 5.32 Å². The Kier molecular flexibility index (Phi) is 6.06. The van der Waals surface area contributed by atoms with Gasteiger partial charge in [-0.25, -0.2) is 0 Å². The number of rotatable bonds is 4. The second-order valence-electron chi connectivity index (χ2n) is 3.77. The van der Waals surface area contributed by atoms with Gasteiger partial charge in [0.25, 0.3) is 5.91 Å². The zero-order valence-corrected chi connectivity index (χ0v) is 11.7. The molecule has 0 radical (unpaired) electrons. The molecule has 6 heteroatoms. The van der Waals surface area contributed by atoms with Crippen molar-refractivity contribution in [2.75, 3.05) is 27.2 Å². The Hall–Kier alpha value is -1.84. The van der Waals surface area contributed by atoms with Gasteiger partial charge in [-0.2, -0.15) is 0 Å². The Labute approximate surface area is 116 Å². The third-order valence-electron chi connectivity index (χ3n) is 2.27. The maximum Gasteiger partial charge on any atom is 0.264 e. The Bertz CT molecular complexity index is 513. The SMILES string of the molecule is CNC(=O)CN(C)C(=O)c1ccc(C#CCCO)s1. The molecule has 0 bridgehead atoms. The van der Waals surface area contributed by atoms with Gasteiger partial charge >= 0.3 is 0 Å². The summed E-state index contributed by atoms with van der Waals surface area (Å²) < 4.78 is 0. The molecule has 0 aliphatic carbocycles. The minimum Gasteiger partial charge on any atom is -0.395 e. The third kappa shape index (κ3) is 4.73. The molecule has 1 aromatic heterocycles. The van der Waals surface area contributed by atoms with Crippen molar-refractivity contribution < 1.29 is 14.7 Å². The highest BCUT2D eigenvalue weighted by atomic mass is 32.1. The van der Waals surface area contributed by atoms with Gasteiger partial charge in [0, 0.05) is 20.5 Å². The molecule has 5 nitrogen and oxygen atoms in total. The van der Waals surface area contributed by atoms with Crippen molar-refractivity contribution in [3.8, 4) is 11.8 Å². The van der Waals surface area contributed by atoms with Crippen LogP contribution in [0.1, 0.15) is 21.0 Å². The smallest absolute Gasteiger partial charge is 0.264 e. The van der Waals surface area contributed by atoms with Crippen molar-refractivity contribution in [1.82, 2.24) is 10.2 Å². The van der Waals surface area contributed by atoms with Gasteiger partial charge in [-0.1, -0.05) is 11.8 Å². The van der Waals surface area contributed by atoms with E-state index in [9.17, 15) is 9.59 Å². The van der Waals surface area contributed by atoms with Crippen LogP contribution in [0.2, 0.25) is 0 Å². The summed E-state index contributed by atoms with van der Waals surface area (Å²) in [6.45, 7) is 0.0534. The van der Waals surface area contributed by atoms with Gasteiger partial charge in [0.05, 0.1) is 22.9 Å². The average molecular weight is 280 g/mol. The van der Waals surface area contributed by atoms with Crippen molar-refractivity contribution >= 4 is 23.2 Å². The summed E-state index contributed by atoms with van der Waals surface area (Å²) in [7, 11) is 3.11. The number of likely N-dealkylation sites (N-methyl/N-ethyl adjacent to an activating group) is 2. The summed E-state index contributed by atoms with van der Waals surface area (Å²) in [6, 6.07) is 3.45. The summed E-state index contributed by atoms with van der Waals surface area (Å²) >= 11 is 1.28. The fourth-order valence-electron chi connectivity index (χ4n) is 1.28. The van der Waals surface area contributed by atoms with Crippen LogP contribution in [0.3, 0.4) is 0 Å². The number of carbonyl (C=O) groups is 2. The molecule has 0 unspecified atom stereocenters. The monoisotopic (exact) mass is 280 g/mol. The lowest BCUT2D eigenvalue weighted by Gasteiger charge is -2.14. The number of aliphatic hydroxyl groups is 1. The first-order valence-electron chi connectivity index (χ1n) is 5.74. The molecular formula is C13H16N2O3S. The molecule has 0 saturated carbocycles. The fourth-order valence-corrected chi connectivity index (χ4v) is 2.16. The van der Waals surface area contributed by atoms with E-state index in [2.05, 4.69) is 17.2 Å². The topological polar surface area (TPSA) is 69.6 Å². The molecule has 102 valence electrons. The van der Waals surface area contributed by atoms with E-state index >= 15 is 0 Å². The molecule has 0 fully saturated rings. The van der Waals surface area contributed by atoms with Crippen molar-refractivity contribution in [2.24, 2.45) is 0 Å². The first-order chi connectivity index (χ1) is 9.08. The number of amides is 2. The van der Waals surface area contributed by atoms with E-state index in [1.165, 1.54) is 23.3 Å². The summed E-state index contributed by atoms with van der Waals surface area (Å²) in [4.78, 5) is 25.9. The highest BCUT2D eigenvalue weighted by Gasteiger charge is 2.15. The molecule has 1 heterocycles. The molecule has 1 aromatic rings. The van der Waals surface area contributed by atoms with E-state index in [1.807, 2.05) is 0 Å². The first-order valence-corrected chi connectivity index (χ1v) is 6.55. The lowest BCUT2D eigenvalue weighted by molar-refractivity contribution is -0.121. The van der Waals surface area contributed by atoms with Crippen molar-refractivity contribution in [2.45, 2.75) is 6.42 Å². The fraction of sp³-hybridized carbons (Fsp3) is 0.385. The van der Waals surface area contributed by atoms with Crippen LogP contribution in [0, 0.1) is 11.8 Å². The Morgan fingerprint density at radius 1 is 1.47 bits per heavy atom. The quantitative estimate of drug-likeness (QED) is 0.779. The van der Waals surface area contributed by atoms with Crippen LogP contribution in [0.4, 0.5) is 0 Å². The van der Waals surface area contributed by atoms with Gasteiger partial charge in [-0.3, -0.25) is 9.59 Å². The van der Waals surface area contributed by atoms with E-state index in [-0.39, 0.29) is 25.0 Å². The second kappa shape index (κ2) is 7.56. The third-order valence-corrected chi connectivity index (χ3v) is 3.26. The molecule has 0 atom stereocenters. The largest absolute Gasteiger partial charge is 0.395 e. The van der Waals surface area contributed by atoms with Gasteiger partial charge < -0.3 is 15.3 Å². The number of thiophene rings is 1. The number of hydrogen-bond acceptors (Lipinski definition) is 4. The minimum atomic E-state index is -0.213. The molecule has 0 aliphatic heterocycles. The van der Waals surface area contributed by atoms with Crippen LogP contribution in [-0.2, 0) is 4.79 Å². The van der Waals surface area contributed by atoms with Crippen LogP contribution >= 0.6 is 11.3 Å². The van der Waals surface area contributed by atoms with Crippen LogP contribution in [0.15, 0.2) is 12.1 Å². The summed E-state index contributed by atoms with van der Waals surface area (Å²) in [6.07, 6.45) is 0.414. The highest BCUT2D eigenvalue weighted by molar-refractivity contribution is 7.14. The number of nitrogens with zero attached hydrogens (tertiary/aromatic N) is 1. The average Bonchev–Trinajstić information content (AvgIpc) is 2.86. The maximum atomic E-state index is 12.0. The lowest BCUT2D eigenvalue weighted by Crippen LogP contribution is -2.36. The molecule has 19 heavy (non-hydrogen) atoms. The van der Waals surface area contributed by atoms with Gasteiger partial charge in [-0.15, -0.1) is 11.3 Å². The van der Waals surface area contributed by atoms with E-state index in [0.717, 1.165) is 4.88 Å². The minimum absolute atomic E-state index is 0.0265. The number of carbonyl (C=O) groups excluding carboxylic acids is 2. The van der Waals surface area contributed by atoms with E-state index in [0.29, 0.717) is 11.3 Å². The molecule has 1 rings (SSSR count). The maximum absolute atomic E-state index is 12.0. The molecule has 2 amide bonds. The second-order valence-corrected chi connectivity index (χ2v) is 4.86. The van der Waals surface area contributed by atoms with E-state index < -0.39 is 0 Å². The van der Waals surface area contributed by atoms with Crippen molar-refractivity contribution in [3.63, 3.8) is 0 Å². The standard InChI is InChI=1S/C13H16N2O3S/c1-14-12(17)9-15(2)13(18)11-7-6-10(19-11)5-3-4-8-16/h6-7,16H,4,8-9H2,1-2H3,(H,14,17). The molecule has 0 saturated heterocycles. The number of nitrogens with one attached hydrogen (secondary N) is 1. The van der Waals surface area contributed by atoms with E-state index in [4.69, 9.17) is 5.11 Å². The molecule has 0 aliphatic rings. The van der Waals surface area contributed by atoms with Crippen LogP contribution in [0.5, 0.6) is 0 Å². The Morgan fingerprint density at radius 2 is 2.21 bits per heavy atom. The molecular weight excluding hydrogens is 264 g/mol. The van der Waals surface area contributed by atoms with Gasteiger partial charge in [0.2, 0.25) is 5.91 Å². The first kappa shape index (κ1) is 15.2. The van der Waals surface area contributed by atoms with Gasteiger partial charge in [0.15, 0.2) is 0 Å². The van der Waals surface area contributed by atoms with Gasteiger partial charge in [0.1, 0.15) is 0 Å². The van der Waals surface area contributed by atoms with Crippen LogP contribution in [-0.4, -0.2) is 49.1 Å². The van der Waals surface area contributed by atoms with Crippen molar-refractivity contribution in [1.29, 1.82) is 0 Å². The van der Waals surface area contributed by atoms with Gasteiger partial charge in [-0.05, 0) is 12.1 Å². The highest BCUT2D eigenvalue weighted by Crippen LogP contribution is 2.17. The zero-order chi connectivity index (χ0) is 14.3. The van der Waals surface area contributed by atoms with E-state index in [1.54, 1.807) is 19.2 Å². The van der Waals surface area contributed by atoms with Crippen molar-refractivity contribution in [3.05, 3.63) is 21.9 Å². The van der Waals surface area contributed by atoms with Crippen LogP contribution in [0.25, 0.3) is 0 Å². The zero-order valence-electron chi connectivity index (χ0n) is 10.9. The Morgan fingerprint density at radius 3 is 2.84 bits per heavy atom. The normalized spacial score (nSPS) is 9.42. The summed E-state index contributed by atoms with van der Waals surface area (Å²) in [5.74, 6) is 5.25. The Balaban J connectivity index is 2.68. The number of hydrogen-bond donors (Lipinski definition) is 2. The molecule has 0 aromatic carbocycles. The predicted molar refractivity (Wildman–Crippen MR) is 73.9 cm³/mol. The number of aliphatic hydroxyl groups excluding tert-OH is 1. The summed E-state index contributed by atoms with van der Waals surface area (Å²) in [5.41, 5.74) is 0. The lowest BCUT2D eigenvalue weighted by atomic mass is 10.3. The molecule has 2 N–H and O–H groups in total. The predicted octanol–water partition coefficient (Wildman–Crippen LogP) is 0.300. The summed E-state index contributed by atoms with van der Waals surface area (Å²) in [5, 5.41) is 11.1.